The summed E-state index contributed by atoms with van der Waals surface area (Å²) in [6.07, 6.45) is -1.47. The Kier molecular flexibility index (Phi) is 33.1. The van der Waals surface area contributed by atoms with Crippen LogP contribution in [0, 0.1) is 17.2 Å². The van der Waals surface area contributed by atoms with Crippen molar-refractivity contribution in [2.24, 2.45) is 10.9 Å². The lowest BCUT2D eigenvalue weighted by Crippen LogP contribution is -2.61. The molecule has 7 atom stereocenters. The van der Waals surface area contributed by atoms with Gasteiger partial charge in [-0.25, -0.2) is 19.0 Å². The first kappa shape index (κ1) is 79.9. The number of nitrogens with zero attached hydrogens (tertiary/aromatic N) is 7. The maximum atomic E-state index is 14.6. The van der Waals surface area contributed by atoms with Crippen molar-refractivity contribution >= 4 is 142 Å². The number of nitrogens with one attached hydrogen (secondary N) is 8. The largest absolute Gasteiger partial charge is 0.494 e. The summed E-state index contributed by atoms with van der Waals surface area (Å²) < 4.78 is 36.4. The number of hydrogen-bond acceptors (Lipinski definition) is 25. The minimum Gasteiger partial charge on any atom is -0.494 e. The number of nitriles is 1. The second-order valence-electron chi connectivity index (χ2n) is 22.4. The van der Waals surface area contributed by atoms with Crippen molar-refractivity contribution in [3.05, 3.63) is 71.1 Å². The molecular weight excluding hydrogens is 1390 g/mol. The number of carboxylic acids is 3. The van der Waals surface area contributed by atoms with Gasteiger partial charge in [-0.1, -0.05) is 47.6 Å². The molecule has 3 aromatic heterocycles. The number of aliphatic carboxylic acids is 3. The lowest BCUT2D eigenvalue weighted by atomic mass is 10.0. The van der Waals surface area contributed by atoms with Crippen molar-refractivity contribution in [1.29, 1.82) is 5.26 Å². The number of halogens is 1. The SMILES string of the molecule is CCSSC[C@H](NC(=O)[C@H](CC(=O)O)NC(=O)[C@@H](NC(=O)[C@H](CCC(=O)O)NC(=O)[C@H](CC(=O)O)NC(C)=O)C(C)C)C(=O)N[C@@H](Cc1cn(CCOCCOCCOCC[18F])nn1)C(=O)Nc1ccc2nc(C3=NC(C(=O)NCCCOc4ccc5nc(C#N)ccc5c4)CS3)sc2c1. The minimum atomic E-state index is -1.92. The van der Waals surface area contributed by atoms with Crippen molar-refractivity contribution < 1.29 is 91.4 Å². The van der Waals surface area contributed by atoms with E-state index in [9.17, 15) is 72.4 Å². The highest BCUT2D eigenvalue weighted by Gasteiger charge is 2.36. The Morgan fingerprint density at radius 1 is 0.720 bits per heavy atom. The molecule has 2 aromatic carbocycles. The third-order valence-corrected chi connectivity index (χ3v) is 18.9. The third kappa shape index (κ3) is 26.8. The van der Waals surface area contributed by atoms with Gasteiger partial charge >= 0.3 is 17.9 Å². The Labute approximate surface area is 588 Å². The monoisotopic (exact) mass is 1470 g/mol. The summed E-state index contributed by atoms with van der Waals surface area (Å²) in [4.78, 5) is 159. The van der Waals surface area contributed by atoms with Crippen LogP contribution in [0.15, 0.2) is 59.7 Å². The first-order chi connectivity index (χ1) is 47.9. The molecular formula is C62H78FN15O18S4. The van der Waals surface area contributed by atoms with E-state index in [1.165, 1.54) is 58.6 Å². The van der Waals surface area contributed by atoms with Crippen LogP contribution in [0.5, 0.6) is 5.75 Å². The second-order valence-corrected chi connectivity index (χ2v) is 27.2. The fourth-order valence-corrected chi connectivity index (χ4v) is 13.3. The van der Waals surface area contributed by atoms with E-state index in [1.54, 1.807) is 42.5 Å². The normalized spacial score (nSPS) is 14.4. The molecule has 6 rings (SSSR count). The molecule has 0 fully saturated rings. The minimum absolute atomic E-state index is 0.0278. The summed E-state index contributed by atoms with van der Waals surface area (Å²) in [5, 5.41) is 68.2. The number of alkyl halides is 1. The number of thioether (sulfide) groups is 1. The fraction of sp³-hybridized carbons (Fsp3) is 0.500. The number of carbonyl (C=O) groups excluding carboxylic acids is 8. The Morgan fingerprint density at radius 2 is 1.37 bits per heavy atom. The molecule has 0 saturated carbocycles. The van der Waals surface area contributed by atoms with Gasteiger partial charge in [0.05, 0.1) is 87.1 Å². The van der Waals surface area contributed by atoms with Gasteiger partial charge in [0.2, 0.25) is 47.3 Å². The number of ether oxygens (including phenoxy) is 4. The summed E-state index contributed by atoms with van der Waals surface area (Å²) in [7, 11) is 2.46. The number of carbonyl (C=O) groups is 11. The van der Waals surface area contributed by atoms with Crippen LogP contribution in [0.1, 0.15) is 76.2 Å². The van der Waals surface area contributed by atoms with Crippen molar-refractivity contribution in [2.75, 3.05) is 82.0 Å². The van der Waals surface area contributed by atoms with E-state index < -0.39 is 140 Å². The van der Waals surface area contributed by atoms with Gasteiger partial charge in [-0.3, -0.25) is 57.7 Å². The van der Waals surface area contributed by atoms with Gasteiger partial charge in [-0.15, -0.1) is 28.2 Å². The Bertz CT molecular complexity index is 3750. The molecule has 0 spiro atoms. The number of anilines is 1. The van der Waals surface area contributed by atoms with Crippen molar-refractivity contribution in [3.8, 4) is 11.8 Å². The number of carboxylic acid groups (broad SMARTS) is 3. The van der Waals surface area contributed by atoms with Gasteiger partial charge in [-0.05, 0) is 67.3 Å². The number of aliphatic imine (C=N–C) groups is 1. The number of amides is 8. The molecule has 11 N–H and O–H groups in total. The molecule has 0 radical (unpaired) electrons. The average Bonchev–Trinajstić information content (AvgIpc) is 1.64. The zero-order chi connectivity index (χ0) is 72.7. The first-order valence-electron chi connectivity index (χ1n) is 31.4. The molecule has 540 valence electrons. The van der Waals surface area contributed by atoms with Crippen LogP contribution in [0.4, 0.5) is 10.1 Å². The molecule has 33 nitrogen and oxygen atoms in total. The number of hydrogen-bond donors (Lipinski definition) is 11. The van der Waals surface area contributed by atoms with Crippen LogP contribution in [-0.2, 0) is 79.9 Å². The van der Waals surface area contributed by atoms with E-state index >= 15 is 0 Å². The third-order valence-electron chi connectivity index (χ3n) is 14.2. The highest BCUT2D eigenvalue weighted by molar-refractivity contribution is 8.76. The Hall–Kier alpha value is -9.13. The van der Waals surface area contributed by atoms with E-state index in [-0.39, 0.29) is 75.6 Å². The molecule has 1 aliphatic heterocycles. The van der Waals surface area contributed by atoms with Crippen molar-refractivity contribution in [2.45, 2.75) is 115 Å². The van der Waals surface area contributed by atoms with Crippen LogP contribution in [0.3, 0.4) is 0 Å². The molecule has 5 aromatic rings. The standard InChI is InChI=1S/C62H78FN15O18S4/c1-5-98-99-33-48(72-58(90)46(29-52(84)85)71-60(92)53(34(2)3)75-55(87)43(13-14-50(80)81)69-57(89)45(28-51(82)83)66-35(4)79)59(91)70-44(26-39-31-78(77-76-39)17-20-94-22-24-95-23-21-93-19-15-63)56(88)68-37-9-11-42-49(27-37)100-62(73-42)61-74-47(32-97-61)54(86)65-16-6-18-96-40-10-12-41-36(25-40)7-8-38(30-64)67-41/h7-12,25,27,31,34,43-48,53H,5-6,13-24,26,28-29,32-33H2,1-4H3,(H,65,86)(H,66,79)(H,68,88)(H,69,89)(H,70,91)(H,71,92)(H,72,90)(H,75,87)(H,80,81)(H,82,83)(H,84,85)/t43-,44-,45-,46-,47?,48-,53-/m0/s1/i63-1. The highest BCUT2D eigenvalue weighted by atomic mass is 33.1. The number of aromatic nitrogens is 5. The zero-order valence-corrected chi connectivity index (χ0v) is 58.1. The smallest absolute Gasteiger partial charge is 0.305 e. The number of benzene rings is 2. The fourth-order valence-electron chi connectivity index (χ4n) is 9.31. The summed E-state index contributed by atoms with van der Waals surface area (Å²) in [6, 6.07) is 5.15. The van der Waals surface area contributed by atoms with Crippen LogP contribution < -0.4 is 47.3 Å². The quantitative estimate of drug-likeness (QED) is 0.0195. The topological polar surface area (TPSA) is 474 Å². The molecule has 38 heteroatoms. The van der Waals surface area contributed by atoms with E-state index in [1.807, 2.05) is 19.1 Å². The van der Waals surface area contributed by atoms with Crippen LogP contribution in [0.2, 0.25) is 0 Å². The van der Waals surface area contributed by atoms with Gasteiger partial charge in [0.25, 0.3) is 0 Å². The molecule has 4 heterocycles. The summed E-state index contributed by atoms with van der Waals surface area (Å²) >= 11 is 2.64. The molecule has 0 aliphatic carbocycles. The zero-order valence-electron chi connectivity index (χ0n) is 54.9. The predicted molar refractivity (Wildman–Crippen MR) is 367 cm³/mol. The van der Waals surface area contributed by atoms with Gasteiger partial charge in [0.15, 0.2) is 0 Å². The van der Waals surface area contributed by atoms with Crippen LogP contribution in [-0.4, -0.2) is 230 Å². The van der Waals surface area contributed by atoms with Crippen molar-refractivity contribution in [1.82, 2.24) is 62.2 Å². The summed E-state index contributed by atoms with van der Waals surface area (Å²) in [5.41, 5.74) is 2.06. The molecule has 1 aliphatic rings. The van der Waals surface area contributed by atoms with Crippen LogP contribution >= 0.6 is 44.7 Å². The van der Waals surface area contributed by atoms with Gasteiger partial charge in [-0.2, -0.15) is 5.26 Å². The first-order valence-corrected chi connectivity index (χ1v) is 35.7. The van der Waals surface area contributed by atoms with E-state index in [4.69, 9.17) is 29.2 Å². The molecule has 1 unspecified atom stereocenters. The second kappa shape index (κ2) is 41.4. The maximum Gasteiger partial charge on any atom is 0.305 e. The lowest BCUT2D eigenvalue weighted by Gasteiger charge is -2.28. The van der Waals surface area contributed by atoms with Crippen LogP contribution in [0.25, 0.3) is 21.1 Å². The number of thiazole rings is 1. The Balaban J connectivity index is 1.15. The number of fused-ring (bicyclic) bond motifs is 2. The van der Waals surface area contributed by atoms with E-state index in [0.29, 0.717) is 68.3 Å². The average molecular weight is 1470 g/mol. The molecule has 100 heavy (non-hydrogen) atoms. The molecule has 0 saturated heterocycles. The van der Waals surface area contributed by atoms with Gasteiger partial charge < -0.3 is 76.8 Å². The van der Waals surface area contributed by atoms with Crippen molar-refractivity contribution in [3.63, 3.8) is 0 Å². The molecule has 8 amide bonds. The predicted octanol–water partition coefficient (Wildman–Crippen LogP) is 1.76. The highest BCUT2D eigenvalue weighted by Crippen LogP contribution is 2.32. The number of rotatable bonds is 45. The van der Waals surface area contributed by atoms with E-state index in [0.717, 1.165) is 23.1 Å². The molecule has 0 bridgehead atoms. The summed E-state index contributed by atoms with van der Waals surface area (Å²) in [6.45, 7) is 7.11. The summed E-state index contributed by atoms with van der Waals surface area (Å²) in [5.74, 6) is -11.3. The van der Waals surface area contributed by atoms with Gasteiger partial charge in [0, 0.05) is 60.8 Å². The lowest BCUT2D eigenvalue weighted by molar-refractivity contribution is -0.142. The Morgan fingerprint density at radius 3 is 2.04 bits per heavy atom. The van der Waals surface area contributed by atoms with Gasteiger partial charge in [0.1, 0.15) is 76.5 Å². The number of pyridine rings is 1. The maximum absolute atomic E-state index is 14.6. The van der Waals surface area contributed by atoms with E-state index in [2.05, 4.69) is 62.8 Å².